The minimum Gasteiger partial charge on any atom is -0.485 e. The predicted molar refractivity (Wildman–Crippen MR) is 76.8 cm³/mol. The standard InChI is InChI=1S/C14H18ClN3O2/c1-3-14-17-13(18-20-14)9-19-12-7-5-6-11(15)10(12)8-16-4-2/h5-7,16H,3-4,8-9H2,1-2H3. The third-order valence-electron chi connectivity index (χ3n) is 2.80. The van der Waals surface area contributed by atoms with Crippen LogP contribution in [0.1, 0.15) is 31.1 Å². The third kappa shape index (κ3) is 3.71. The summed E-state index contributed by atoms with van der Waals surface area (Å²) in [5.41, 5.74) is 0.940. The van der Waals surface area contributed by atoms with Crippen LogP contribution in [0.3, 0.4) is 0 Å². The number of rotatable bonds is 7. The highest BCUT2D eigenvalue weighted by Crippen LogP contribution is 2.26. The SMILES string of the molecule is CCNCc1c(Cl)cccc1OCc1noc(CC)n1. The summed E-state index contributed by atoms with van der Waals surface area (Å²) in [6.07, 6.45) is 0.718. The Bertz CT molecular complexity index is 557. The number of benzene rings is 1. The summed E-state index contributed by atoms with van der Waals surface area (Å²) < 4.78 is 10.8. The molecule has 20 heavy (non-hydrogen) atoms. The highest BCUT2D eigenvalue weighted by atomic mass is 35.5. The first kappa shape index (κ1) is 14.8. The monoisotopic (exact) mass is 295 g/mol. The van der Waals surface area contributed by atoms with Crippen LogP contribution < -0.4 is 10.1 Å². The van der Waals surface area contributed by atoms with E-state index in [0.29, 0.717) is 23.3 Å². The largest absolute Gasteiger partial charge is 0.485 e. The van der Waals surface area contributed by atoms with Gasteiger partial charge in [0.05, 0.1) is 0 Å². The molecule has 0 spiro atoms. The van der Waals surface area contributed by atoms with Gasteiger partial charge in [-0.2, -0.15) is 4.98 Å². The lowest BCUT2D eigenvalue weighted by Gasteiger charge is -2.12. The van der Waals surface area contributed by atoms with Crippen molar-refractivity contribution >= 4 is 11.6 Å². The maximum absolute atomic E-state index is 6.20. The number of aromatic nitrogens is 2. The maximum Gasteiger partial charge on any atom is 0.226 e. The Morgan fingerprint density at radius 3 is 2.90 bits per heavy atom. The summed E-state index contributed by atoms with van der Waals surface area (Å²) in [6.45, 7) is 5.81. The molecular formula is C14H18ClN3O2. The molecule has 2 rings (SSSR count). The molecule has 108 valence electrons. The van der Waals surface area contributed by atoms with Crippen molar-refractivity contribution in [1.29, 1.82) is 0 Å². The van der Waals surface area contributed by atoms with E-state index in [-0.39, 0.29) is 6.61 Å². The molecule has 0 unspecified atom stereocenters. The zero-order valence-electron chi connectivity index (χ0n) is 11.6. The van der Waals surface area contributed by atoms with Gasteiger partial charge in [-0.15, -0.1) is 0 Å². The molecule has 6 heteroatoms. The Hall–Kier alpha value is -1.59. The molecule has 1 aromatic heterocycles. The Balaban J connectivity index is 2.06. The minimum atomic E-state index is 0.267. The van der Waals surface area contributed by atoms with Gasteiger partial charge in [-0.1, -0.05) is 36.7 Å². The van der Waals surface area contributed by atoms with Gasteiger partial charge in [0, 0.05) is 23.6 Å². The van der Waals surface area contributed by atoms with Crippen molar-refractivity contribution in [3.63, 3.8) is 0 Å². The highest BCUT2D eigenvalue weighted by Gasteiger charge is 2.10. The lowest BCUT2D eigenvalue weighted by Crippen LogP contribution is -2.13. The topological polar surface area (TPSA) is 60.2 Å². The van der Waals surface area contributed by atoms with Gasteiger partial charge in [0.25, 0.3) is 0 Å². The summed E-state index contributed by atoms with van der Waals surface area (Å²) in [6, 6.07) is 5.60. The van der Waals surface area contributed by atoms with Crippen molar-refractivity contribution in [3.8, 4) is 5.75 Å². The first-order valence-corrected chi connectivity index (χ1v) is 7.04. The van der Waals surface area contributed by atoms with Crippen LogP contribution in [0.4, 0.5) is 0 Å². The van der Waals surface area contributed by atoms with Crippen LogP contribution in [0.15, 0.2) is 22.7 Å². The molecule has 0 radical (unpaired) electrons. The second kappa shape index (κ2) is 7.26. The minimum absolute atomic E-state index is 0.267. The fraction of sp³-hybridized carbons (Fsp3) is 0.429. The average molecular weight is 296 g/mol. The molecule has 0 saturated heterocycles. The Morgan fingerprint density at radius 2 is 2.20 bits per heavy atom. The third-order valence-corrected chi connectivity index (χ3v) is 3.15. The molecule has 0 aliphatic rings. The van der Waals surface area contributed by atoms with E-state index < -0.39 is 0 Å². The van der Waals surface area contributed by atoms with Crippen LogP contribution in [0, 0.1) is 0 Å². The van der Waals surface area contributed by atoms with Crippen molar-refractivity contribution in [1.82, 2.24) is 15.5 Å². The van der Waals surface area contributed by atoms with Crippen molar-refractivity contribution in [2.45, 2.75) is 33.4 Å². The van der Waals surface area contributed by atoms with Gasteiger partial charge in [-0.3, -0.25) is 0 Å². The number of hydrogen-bond donors (Lipinski definition) is 1. The van der Waals surface area contributed by atoms with E-state index in [1.807, 2.05) is 32.0 Å². The number of nitrogens with zero attached hydrogens (tertiary/aromatic N) is 2. The van der Waals surface area contributed by atoms with E-state index in [0.717, 1.165) is 24.3 Å². The zero-order valence-corrected chi connectivity index (χ0v) is 12.4. The van der Waals surface area contributed by atoms with Crippen LogP contribution in [0.25, 0.3) is 0 Å². The molecule has 2 aromatic rings. The van der Waals surface area contributed by atoms with E-state index >= 15 is 0 Å². The maximum atomic E-state index is 6.20. The second-order valence-corrected chi connectivity index (χ2v) is 4.65. The van der Waals surface area contributed by atoms with Crippen LogP contribution >= 0.6 is 11.6 Å². The predicted octanol–water partition coefficient (Wildman–Crippen LogP) is 2.97. The van der Waals surface area contributed by atoms with Gasteiger partial charge in [0.1, 0.15) is 5.75 Å². The number of nitrogens with one attached hydrogen (secondary N) is 1. The van der Waals surface area contributed by atoms with Crippen LogP contribution in [-0.2, 0) is 19.6 Å². The van der Waals surface area contributed by atoms with Gasteiger partial charge < -0.3 is 14.6 Å². The van der Waals surface area contributed by atoms with Crippen molar-refractivity contribution < 1.29 is 9.26 Å². The van der Waals surface area contributed by atoms with Gasteiger partial charge in [-0.25, -0.2) is 0 Å². The zero-order chi connectivity index (χ0) is 14.4. The fourth-order valence-electron chi connectivity index (χ4n) is 1.73. The summed E-state index contributed by atoms with van der Waals surface area (Å²) in [4.78, 5) is 4.21. The number of hydrogen-bond acceptors (Lipinski definition) is 5. The van der Waals surface area contributed by atoms with Crippen molar-refractivity contribution in [2.24, 2.45) is 0 Å². The molecule has 0 aliphatic heterocycles. The van der Waals surface area contributed by atoms with Crippen LogP contribution in [-0.4, -0.2) is 16.7 Å². The summed E-state index contributed by atoms with van der Waals surface area (Å²) in [5.74, 6) is 1.89. The fourth-order valence-corrected chi connectivity index (χ4v) is 1.96. The molecule has 0 aliphatic carbocycles. The summed E-state index contributed by atoms with van der Waals surface area (Å²) in [5, 5.41) is 7.79. The average Bonchev–Trinajstić information content (AvgIpc) is 2.92. The number of halogens is 1. The molecule has 5 nitrogen and oxygen atoms in total. The van der Waals surface area contributed by atoms with Gasteiger partial charge >= 0.3 is 0 Å². The van der Waals surface area contributed by atoms with Crippen molar-refractivity contribution in [3.05, 3.63) is 40.5 Å². The summed E-state index contributed by atoms with van der Waals surface area (Å²) in [7, 11) is 0. The smallest absolute Gasteiger partial charge is 0.226 e. The molecule has 1 heterocycles. The van der Waals surface area contributed by atoms with E-state index in [1.165, 1.54) is 0 Å². The Morgan fingerprint density at radius 1 is 1.35 bits per heavy atom. The van der Waals surface area contributed by atoms with Gasteiger partial charge in [0.2, 0.25) is 11.7 Å². The molecule has 0 fully saturated rings. The molecule has 0 bridgehead atoms. The van der Waals surface area contributed by atoms with E-state index in [2.05, 4.69) is 15.5 Å². The van der Waals surface area contributed by atoms with Crippen LogP contribution in [0.2, 0.25) is 5.02 Å². The van der Waals surface area contributed by atoms with E-state index in [1.54, 1.807) is 0 Å². The van der Waals surface area contributed by atoms with E-state index in [9.17, 15) is 0 Å². The lowest BCUT2D eigenvalue weighted by molar-refractivity contribution is 0.282. The first-order valence-electron chi connectivity index (χ1n) is 6.67. The number of ether oxygens (including phenoxy) is 1. The first-order chi connectivity index (χ1) is 9.74. The van der Waals surface area contributed by atoms with Gasteiger partial charge in [-0.05, 0) is 18.7 Å². The van der Waals surface area contributed by atoms with E-state index in [4.69, 9.17) is 20.9 Å². The normalized spacial score (nSPS) is 10.8. The molecule has 0 amide bonds. The van der Waals surface area contributed by atoms with Crippen molar-refractivity contribution in [2.75, 3.05) is 6.54 Å². The van der Waals surface area contributed by atoms with Gasteiger partial charge in [0.15, 0.2) is 6.61 Å². The molecule has 1 aromatic carbocycles. The lowest BCUT2D eigenvalue weighted by atomic mass is 10.2. The quantitative estimate of drug-likeness (QED) is 0.851. The highest BCUT2D eigenvalue weighted by molar-refractivity contribution is 6.31. The number of aryl methyl sites for hydroxylation is 1. The second-order valence-electron chi connectivity index (χ2n) is 4.24. The molecule has 0 atom stereocenters. The van der Waals surface area contributed by atoms with Crippen LogP contribution in [0.5, 0.6) is 5.75 Å². The molecular weight excluding hydrogens is 278 g/mol. The Kier molecular flexibility index (Phi) is 5.38. The molecule has 1 N–H and O–H groups in total. The summed E-state index contributed by atoms with van der Waals surface area (Å²) >= 11 is 6.20. The Labute approximate surface area is 123 Å². The molecule has 0 saturated carbocycles.